The Kier molecular flexibility index (Phi) is 4.97. The van der Waals surface area contributed by atoms with Gasteiger partial charge in [-0.1, -0.05) is 12.7 Å². The fourth-order valence-corrected chi connectivity index (χ4v) is 2.79. The smallest absolute Gasteiger partial charge is 0.269 e. The van der Waals surface area contributed by atoms with Gasteiger partial charge in [-0.05, 0) is 36.4 Å². The number of anilines is 1. The fraction of sp³-hybridized carbons (Fsp3) is 0.0667. The third-order valence-electron chi connectivity index (χ3n) is 2.83. The topological polar surface area (TPSA) is 98.5 Å². The molecule has 1 N–H and O–H groups in total. The molecule has 0 aliphatic heterocycles. The lowest BCUT2D eigenvalue weighted by molar-refractivity contribution is -0.384. The van der Waals surface area contributed by atoms with Gasteiger partial charge in [-0.3, -0.25) is 14.8 Å². The number of nitrogens with zero attached hydrogens (tertiary/aromatic N) is 1. The third-order valence-corrected chi connectivity index (χ3v) is 4.23. The van der Waals surface area contributed by atoms with Crippen LogP contribution in [0.15, 0.2) is 66.1 Å². The molecule has 0 aliphatic carbocycles. The molecule has 0 atom stereocenters. The van der Waals surface area contributed by atoms with Gasteiger partial charge in [-0.15, -0.1) is 0 Å². The highest BCUT2D eigenvalue weighted by Crippen LogP contribution is 2.21. The van der Waals surface area contributed by atoms with Crippen LogP contribution in [-0.4, -0.2) is 19.9 Å². The summed E-state index contributed by atoms with van der Waals surface area (Å²) < 4.78 is 32.1. The normalized spacial score (nSPS) is 10.8. The largest absolute Gasteiger partial charge is 0.490 e. The molecular weight excluding hydrogens is 320 g/mol. The number of nitro groups is 1. The van der Waals surface area contributed by atoms with E-state index in [1.807, 2.05) is 0 Å². The van der Waals surface area contributed by atoms with E-state index in [1.54, 1.807) is 30.3 Å². The molecule has 2 rings (SSSR count). The van der Waals surface area contributed by atoms with Crippen LogP contribution >= 0.6 is 0 Å². The van der Waals surface area contributed by atoms with Crippen molar-refractivity contribution in [3.63, 3.8) is 0 Å². The van der Waals surface area contributed by atoms with Crippen molar-refractivity contribution in [2.24, 2.45) is 0 Å². The second-order valence-corrected chi connectivity index (χ2v) is 6.16. The first-order valence-corrected chi connectivity index (χ1v) is 8.02. The second-order valence-electron chi connectivity index (χ2n) is 4.48. The van der Waals surface area contributed by atoms with E-state index < -0.39 is 14.9 Å². The lowest BCUT2D eigenvalue weighted by atomic mass is 10.3. The fourth-order valence-electron chi connectivity index (χ4n) is 1.74. The lowest BCUT2D eigenvalue weighted by Crippen LogP contribution is -2.12. The molecule has 0 fully saturated rings. The first-order valence-electron chi connectivity index (χ1n) is 6.53. The molecular formula is C15H14N2O5S. The van der Waals surface area contributed by atoms with E-state index in [-0.39, 0.29) is 10.6 Å². The van der Waals surface area contributed by atoms with E-state index in [2.05, 4.69) is 11.3 Å². The number of hydrogen-bond donors (Lipinski definition) is 1. The number of nitro benzene ring substituents is 1. The Hall–Kier alpha value is -2.87. The Balaban J connectivity index is 2.14. The molecule has 2 aromatic carbocycles. The second kappa shape index (κ2) is 6.93. The maximum Gasteiger partial charge on any atom is 0.269 e. The zero-order valence-corrected chi connectivity index (χ0v) is 12.8. The minimum Gasteiger partial charge on any atom is -0.490 e. The van der Waals surface area contributed by atoms with E-state index in [1.165, 1.54) is 12.1 Å². The van der Waals surface area contributed by atoms with Gasteiger partial charge in [0.1, 0.15) is 12.4 Å². The molecule has 120 valence electrons. The zero-order chi connectivity index (χ0) is 16.9. The van der Waals surface area contributed by atoms with Crippen LogP contribution < -0.4 is 9.46 Å². The summed E-state index contributed by atoms with van der Waals surface area (Å²) in [7, 11) is -3.82. The summed E-state index contributed by atoms with van der Waals surface area (Å²) in [6.45, 7) is 3.89. The average molecular weight is 334 g/mol. The summed E-state index contributed by atoms with van der Waals surface area (Å²) in [5.41, 5.74) is 0.182. The van der Waals surface area contributed by atoms with Crippen LogP contribution in [0.5, 0.6) is 5.75 Å². The van der Waals surface area contributed by atoms with Gasteiger partial charge in [0, 0.05) is 17.8 Å². The van der Waals surface area contributed by atoms with E-state index in [4.69, 9.17) is 4.74 Å². The molecule has 0 spiro atoms. The number of non-ortho nitro benzene ring substituents is 1. The summed E-state index contributed by atoms with van der Waals surface area (Å²) in [4.78, 5) is 9.93. The van der Waals surface area contributed by atoms with Gasteiger partial charge in [0.15, 0.2) is 0 Å². The summed E-state index contributed by atoms with van der Waals surface area (Å²) in [5.74, 6) is 0.586. The van der Waals surface area contributed by atoms with E-state index in [0.717, 1.165) is 12.1 Å². The van der Waals surface area contributed by atoms with Gasteiger partial charge in [0.05, 0.1) is 9.82 Å². The molecule has 0 amide bonds. The van der Waals surface area contributed by atoms with E-state index in [9.17, 15) is 18.5 Å². The van der Waals surface area contributed by atoms with Crippen LogP contribution in [0.3, 0.4) is 0 Å². The number of hydrogen-bond acceptors (Lipinski definition) is 5. The number of sulfonamides is 1. The third kappa shape index (κ3) is 4.30. The molecule has 8 heteroatoms. The molecule has 0 heterocycles. The number of benzene rings is 2. The summed E-state index contributed by atoms with van der Waals surface area (Å²) in [6.07, 6.45) is 1.60. The van der Waals surface area contributed by atoms with Crippen LogP contribution in [0.2, 0.25) is 0 Å². The molecule has 2 aromatic rings. The van der Waals surface area contributed by atoms with Crippen molar-refractivity contribution in [2.45, 2.75) is 4.90 Å². The van der Waals surface area contributed by atoms with Crippen LogP contribution in [0.25, 0.3) is 0 Å². The lowest BCUT2D eigenvalue weighted by Gasteiger charge is -2.09. The van der Waals surface area contributed by atoms with Crippen molar-refractivity contribution in [3.05, 3.63) is 71.3 Å². The van der Waals surface area contributed by atoms with Crippen LogP contribution in [0, 0.1) is 10.1 Å². The first kappa shape index (κ1) is 16.5. The highest BCUT2D eigenvalue weighted by molar-refractivity contribution is 7.92. The van der Waals surface area contributed by atoms with E-state index >= 15 is 0 Å². The van der Waals surface area contributed by atoms with Gasteiger partial charge < -0.3 is 4.74 Å². The molecule has 7 nitrogen and oxygen atoms in total. The average Bonchev–Trinajstić information content (AvgIpc) is 2.54. The summed E-state index contributed by atoms with van der Waals surface area (Å²) >= 11 is 0. The van der Waals surface area contributed by atoms with E-state index in [0.29, 0.717) is 18.0 Å². The van der Waals surface area contributed by atoms with Crippen molar-refractivity contribution >= 4 is 21.4 Å². The minimum atomic E-state index is -3.82. The van der Waals surface area contributed by atoms with Crippen molar-refractivity contribution in [1.82, 2.24) is 0 Å². The molecule has 0 aliphatic rings. The summed E-state index contributed by atoms with van der Waals surface area (Å²) in [5, 5.41) is 10.6. The minimum absolute atomic E-state index is 0.0601. The van der Waals surface area contributed by atoms with Crippen molar-refractivity contribution in [1.29, 1.82) is 0 Å². The SMILES string of the molecule is C=CCOc1ccc(NS(=O)(=O)c2ccc([N+](=O)[O-])cc2)cc1. The molecule has 0 unspecified atom stereocenters. The Morgan fingerprint density at radius 1 is 1.13 bits per heavy atom. The predicted molar refractivity (Wildman–Crippen MR) is 86.0 cm³/mol. The molecule has 0 radical (unpaired) electrons. The Morgan fingerprint density at radius 3 is 2.26 bits per heavy atom. The van der Waals surface area contributed by atoms with Crippen LogP contribution in [0.1, 0.15) is 0 Å². The Labute approximate surface area is 133 Å². The predicted octanol–water partition coefficient (Wildman–Crippen LogP) is 2.96. The van der Waals surface area contributed by atoms with Gasteiger partial charge in [-0.25, -0.2) is 8.42 Å². The van der Waals surface area contributed by atoms with Crippen molar-refractivity contribution in [3.8, 4) is 5.75 Å². The number of nitrogens with one attached hydrogen (secondary N) is 1. The quantitative estimate of drug-likeness (QED) is 0.477. The molecule has 23 heavy (non-hydrogen) atoms. The molecule has 0 saturated heterocycles. The molecule has 0 saturated carbocycles. The van der Waals surface area contributed by atoms with Crippen molar-refractivity contribution < 1.29 is 18.1 Å². The maximum absolute atomic E-state index is 12.2. The highest BCUT2D eigenvalue weighted by Gasteiger charge is 2.16. The molecule has 0 bridgehead atoms. The Morgan fingerprint density at radius 2 is 1.74 bits per heavy atom. The van der Waals surface area contributed by atoms with Crippen molar-refractivity contribution in [2.75, 3.05) is 11.3 Å². The standard InChI is InChI=1S/C15H14N2O5S/c1-2-11-22-14-7-3-12(4-8-14)16-23(20,21)15-9-5-13(6-10-15)17(18)19/h2-10,16H,1,11H2. The van der Waals surface area contributed by atoms with Gasteiger partial charge in [0.2, 0.25) is 0 Å². The van der Waals surface area contributed by atoms with Gasteiger partial charge in [0.25, 0.3) is 15.7 Å². The number of rotatable bonds is 7. The zero-order valence-electron chi connectivity index (χ0n) is 12.0. The number of ether oxygens (including phenoxy) is 1. The van der Waals surface area contributed by atoms with Crippen LogP contribution in [0.4, 0.5) is 11.4 Å². The van der Waals surface area contributed by atoms with Crippen LogP contribution in [-0.2, 0) is 10.0 Å². The summed E-state index contributed by atoms with van der Waals surface area (Å²) in [6, 6.07) is 11.0. The monoisotopic (exact) mass is 334 g/mol. The first-order chi connectivity index (χ1) is 10.9. The van der Waals surface area contributed by atoms with Gasteiger partial charge >= 0.3 is 0 Å². The van der Waals surface area contributed by atoms with Gasteiger partial charge in [-0.2, -0.15) is 0 Å². The maximum atomic E-state index is 12.2. The Bertz CT molecular complexity index is 799. The highest BCUT2D eigenvalue weighted by atomic mass is 32.2. The molecule has 0 aromatic heterocycles.